The van der Waals surface area contributed by atoms with Crippen molar-refractivity contribution in [2.24, 2.45) is 4.99 Å². The molecule has 0 aliphatic carbocycles. The number of amides is 1. The van der Waals surface area contributed by atoms with E-state index in [4.69, 9.17) is 0 Å². The molecule has 0 radical (unpaired) electrons. The third-order valence-corrected chi connectivity index (χ3v) is 5.51. The highest BCUT2D eigenvalue weighted by molar-refractivity contribution is 7.90. The van der Waals surface area contributed by atoms with Gasteiger partial charge in [0.25, 0.3) is 10.0 Å². The van der Waals surface area contributed by atoms with Crippen LogP contribution in [0.4, 0.5) is 0 Å². The Labute approximate surface area is 155 Å². The molecule has 1 atom stereocenters. The molecule has 1 aromatic rings. The SMILES string of the molecule is CCCCC(N=C1NS(=O)(=O)c2ccccc21)C(=O)NCCNCCC. The van der Waals surface area contributed by atoms with Crippen molar-refractivity contribution < 1.29 is 13.2 Å². The number of hydrogen-bond donors (Lipinski definition) is 3. The summed E-state index contributed by atoms with van der Waals surface area (Å²) in [5.74, 6) is 0.0776. The summed E-state index contributed by atoms with van der Waals surface area (Å²) < 4.78 is 26.9. The summed E-state index contributed by atoms with van der Waals surface area (Å²) in [4.78, 5) is 17.2. The van der Waals surface area contributed by atoms with Crippen molar-refractivity contribution in [3.63, 3.8) is 0 Å². The summed E-state index contributed by atoms with van der Waals surface area (Å²) in [5, 5.41) is 6.11. The van der Waals surface area contributed by atoms with E-state index < -0.39 is 16.1 Å². The van der Waals surface area contributed by atoms with E-state index in [0.717, 1.165) is 25.8 Å². The number of hydrogen-bond acceptors (Lipinski definition) is 5. The van der Waals surface area contributed by atoms with Crippen LogP contribution in [0.25, 0.3) is 0 Å². The predicted octanol–water partition coefficient (Wildman–Crippen LogP) is 1.40. The average molecular weight is 381 g/mol. The largest absolute Gasteiger partial charge is 0.353 e. The first kappa shape index (κ1) is 20.4. The van der Waals surface area contributed by atoms with E-state index in [2.05, 4.69) is 27.3 Å². The lowest BCUT2D eigenvalue weighted by Gasteiger charge is -2.14. The number of sulfonamides is 1. The van der Waals surface area contributed by atoms with Gasteiger partial charge in [-0.25, -0.2) is 8.42 Å². The molecule has 2 rings (SSSR count). The van der Waals surface area contributed by atoms with Gasteiger partial charge in [0.1, 0.15) is 11.9 Å². The Morgan fingerprint density at radius 3 is 2.65 bits per heavy atom. The van der Waals surface area contributed by atoms with Crippen molar-refractivity contribution >= 4 is 21.8 Å². The van der Waals surface area contributed by atoms with Gasteiger partial charge in [-0.3, -0.25) is 14.5 Å². The van der Waals surface area contributed by atoms with Crippen molar-refractivity contribution in [2.75, 3.05) is 19.6 Å². The molecule has 0 bridgehead atoms. The number of nitrogens with zero attached hydrogens (tertiary/aromatic N) is 1. The molecule has 7 nitrogen and oxygen atoms in total. The van der Waals surface area contributed by atoms with Gasteiger partial charge in [-0.1, -0.05) is 38.8 Å². The molecule has 0 saturated heterocycles. The van der Waals surface area contributed by atoms with Crippen molar-refractivity contribution in [1.82, 2.24) is 15.4 Å². The number of unbranched alkanes of at least 4 members (excludes halogenated alkanes) is 1. The van der Waals surface area contributed by atoms with Gasteiger partial charge in [0.05, 0.1) is 4.90 Å². The van der Waals surface area contributed by atoms with Crippen LogP contribution in [-0.2, 0) is 14.8 Å². The van der Waals surface area contributed by atoms with Crippen LogP contribution in [0.3, 0.4) is 0 Å². The van der Waals surface area contributed by atoms with E-state index in [1.165, 1.54) is 0 Å². The second-order valence-corrected chi connectivity index (χ2v) is 7.93. The molecular weight excluding hydrogens is 352 g/mol. The topological polar surface area (TPSA) is 99.7 Å². The standard InChI is InChI=1S/C18H28N4O3S/c1-3-5-9-15(18(23)20-13-12-19-11-4-2)21-17-14-8-6-7-10-16(14)26(24,25)22-17/h6-8,10,15,19H,3-5,9,11-13H2,1-2H3,(H,20,23)(H,21,22). The van der Waals surface area contributed by atoms with Crippen LogP contribution in [0.15, 0.2) is 34.2 Å². The zero-order chi connectivity index (χ0) is 19.0. The van der Waals surface area contributed by atoms with E-state index in [0.29, 0.717) is 25.1 Å². The van der Waals surface area contributed by atoms with Gasteiger partial charge >= 0.3 is 0 Å². The summed E-state index contributed by atoms with van der Waals surface area (Å²) >= 11 is 0. The van der Waals surface area contributed by atoms with Crippen molar-refractivity contribution in [1.29, 1.82) is 0 Å². The zero-order valence-corrected chi connectivity index (χ0v) is 16.2. The maximum Gasteiger partial charge on any atom is 0.263 e. The normalized spacial score (nSPS) is 17.5. The first-order valence-corrected chi connectivity index (χ1v) is 10.7. The van der Waals surface area contributed by atoms with Gasteiger partial charge in [-0.15, -0.1) is 0 Å². The van der Waals surface area contributed by atoms with Crippen molar-refractivity contribution in [2.45, 2.75) is 50.5 Å². The fourth-order valence-electron chi connectivity index (χ4n) is 2.73. The van der Waals surface area contributed by atoms with Crippen LogP contribution in [0.2, 0.25) is 0 Å². The van der Waals surface area contributed by atoms with Crippen molar-refractivity contribution in [3.05, 3.63) is 29.8 Å². The second kappa shape index (κ2) is 9.68. The number of carbonyl (C=O) groups excluding carboxylic acids is 1. The van der Waals surface area contributed by atoms with Gasteiger partial charge in [-0.05, 0) is 31.5 Å². The second-order valence-electron chi connectivity index (χ2n) is 6.28. The molecule has 26 heavy (non-hydrogen) atoms. The minimum atomic E-state index is -3.60. The monoisotopic (exact) mass is 380 g/mol. The molecule has 0 spiro atoms. The molecule has 0 fully saturated rings. The molecule has 144 valence electrons. The average Bonchev–Trinajstić information content (AvgIpc) is 2.89. The summed E-state index contributed by atoms with van der Waals surface area (Å²) in [6.07, 6.45) is 3.41. The molecule has 0 saturated carbocycles. The van der Waals surface area contributed by atoms with Crippen LogP contribution in [0.1, 0.15) is 45.1 Å². The van der Waals surface area contributed by atoms with Crippen LogP contribution < -0.4 is 15.4 Å². The fraction of sp³-hybridized carbons (Fsp3) is 0.556. The van der Waals surface area contributed by atoms with Gasteiger partial charge in [-0.2, -0.15) is 0 Å². The van der Waals surface area contributed by atoms with Gasteiger partial charge < -0.3 is 10.6 Å². The highest BCUT2D eigenvalue weighted by Gasteiger charge is 2.31. The maximum absolute atomic E-state index is 12.5. The van der Waals surface area contributed by atoms with E-state index in [9.17, 15) is 13.2 Å². The summed E-state index contributed by atoms with van der Waals surface area (Å²) in [6, 6.07) is 6.07. The molecule has 8 heteroatoms. The minimum Gasteiger partial charge on any atom is -0.353 e. The first-order valence-electron chi connectivity index (χ1n) is 9.18. The Hall–Kier alpha value is -1.93. The third-order valence-electron chi connectivity index (χ3n) is 4.11. The van der Waals surface area contributed by atoms with Crippen LogP contribution >= 0.6 is 0 Å². The van der Waals surface area contributed by atoms with Gasteiger partial charge in [0, 0.05) is 18.7 Å². The van der Waals surface area contributed by atoms with E-state index in [1.54, 1.807) is 24.3 Å². The van der Waals surface area contributed by atoms with Gasteiger partial charge in [0.2, 0.25) is 5.91 Å². The molecular formula is C18H28N4O3S. The summed E-state index contributed by atoms with van der Waals surface area (Å²) in [6.45, 7) is 6.27. The van der Waals surface area contributed by atoms with Gasteiger partial charge in [0.15, 0.2) is 0 Å². The van der Waals surface area contributed by atoms with E-state index in [1.807, 2.05) is 6.92 Å². The zero-order valence-electron chi connectivity index (χ0n) is 15.4. The van der Waals surface area contributed by atoms with Crippen LogP contribution in [0.5, 0.6) is 0 Å². The van der Waals surface area contributed by atoms with Crippen molar-refractivity contribution in [3.8, 4) is 0 Å². The maximum atomic E-state index is 12.5. The number of fused-ring (bicyclic) bond motifs is 1. The summed E-state index contributed by atoms with van der Waals surface area (Å²) in [5.41, 5.74) is 0.520. The lowest BCUT2D eigenvalue weighted by molar-refractivity contribution is -0.122. The third kappa shape index (κ3) is 5.28. The fourth-order valence-corrected chi connectivity index (χ4v) is 3.97. The molecule has 3 N–H and O–H groups in total. The molecule has 1 aliphatic heterocycles. The Morgan fingerprint density at radius 2 is 1.92 bits per heavy atom. The Bertz CT molecular complexity index is 747. The molecule has 1 heterocycles. The Kier molecular flexibility index (Phi) is 7.59. The Balaban J connectivity index is 2.12. The molecule has 1 amide bonds. The molecule has 1 unspecified atom stereocenters. The highest BCUT2D eigenvalue weighted by atomic mass is 32.2. The number of rotatable bonds is 10. The Morgan fingerprint density at radius 1 is 1.15 bits per heavy atom. The number of carbonyl (C=O) groups is 1. The molecule has 1 aliphatic rings. The highest BCUT2D eigenvalue weighted by Crippen LogP contribution is 2.23. The summed E-state index contributed by atoms with van der Waals surface area (Å²) in [7, 11) is -3.60. The predicted molar refractivity (Wildman–Crippen MR) is 103 cm³/mol. The van der Waals surface area contributed by atoms with E-state index in [-0.39, 0.29) is 16.6 Å². The lowest BCUT2D eigenvalue weighted by Crippen LogP contribution is -2.39. The number of amidine groups is 1. The molecule has 1 aromatic carbocycles. The first-order chi connectivity index (χ1) is 12.5. The number of nitrogens with one attached hydrogen (secondary N) is 3. The number of aliphatic imine (C=N–C) groups is 1. The smallest absolute Gasteiger partial charge is 0.263 e. The van der Waals surface area contributed by atoms with E-state index >= 15 is 0 Å². The minimum absolute atomic E-state index is 0.173. The number of benzene rings is 1. The molecule has 0 aromatic heterocycles. The van der Waals surface area contributed by atoms with Crippen LogP contribution in [-0.4, -0.2) is 45.8 Å². The quantitative estimate of drug-likeness (QED) is 0.534. The lowest BCUT2D eigenvalue weighted by atomic mass is 10.1. The van der Waals surface area contributed by atoms with Crippen LogP contribution in [0, 0.1) is 0 Å².